The smallest absolute Gasteiger partial charge is 0.339 e. The maximum Gasteiger partial charge on any atom is 0.339 e. The number of carbonyl (C=O) groups excluding carboxylic acids is 2. The van der Waals surface area contributed by atoms with Crippen molar-refractivity contribution in [1.29, 1.82) is 0 Å². The number of benzene rings is 1. The molecular weight excluding hydrogens is 342 g/mol. The molecule has 0 aliphatic rings. The topological polar surface area (TPSA) is 80.7 Å². The minimum atomic E-state index is -3.44. The van der Waals surface area contributed by atoms with Crippen molar-refractivity contribution in [3.8, 4) is 0 Å². The Balaban J connectivity index is 3.04. The molecule has 1 rings (SSSR count). The highest BCUT2D eigenvalue weighted by molar-refractivity contribution is 7.90. The van der Waals surface area contributed by atoms with Crippen molar-refractivity contribution in [2.24, 2.45) is 0 Å². The van der Waals surface area contributed by atoms with Gasteiger partial charge in [0.15, 0.2) is 15.9 Å². The number of hydrogen-bond acceptors (Lipinski definition) is 5. The fraction of sp³-hybridized carbons (Fsp3) is 0.556. The van der Waals surface area contributed by atoms with Gasteiger partial charge in [-0.2, -0.15) is 0 Å². The Morgan fingerprint density at radius 3 is 2.00 bits per heavy atom. The predicted octanol–water partition coefficient (Wildman–Crippen LogP) is 2.59. The number of hydrogen-bond donors (Lipinski definition) is 0. The quantitative estimate of drug-likeness (QED) is 0.720. The summed E-state index contributed by atoms with van der Waals surface area (Å²) in [4.78, 5) is 26.7. The third-order valence-corrected chi connectivity index (χ3v) is 4.97. The second-order valence-corrected chi connectivity index (χ2v) is 8.75. The van der Waals surface area contributed by atoms with E-state index in [0.717, 1.165) is 6.26 Å². The van der Waals surface area contributed by atoms with Gasteiger partial charge in [-0.05, 0) is 59.2 Å². The lowest BCUT2D eigenvalue weighted by Crippen LogP contribution is -2.47. The molecular formula is C18H27NO5S. The first kappa shape index (κ1) is 21.2. The molecule has 0 aliphatic carbocycles. The molecule has 0 saturated heterocycles. The molecule has 1 amide bonds. The molecule has 0 aliphatic heterocycles. The van der Waals surface area contributed by atoms with Crippen molar-refractivity contribution >= 4 is 21.7 Å². The van der Waals surface area contributed by atoms with Gasteiger partial charge >= 0.3 is 5.97 Å². The number of rotatable bonds is 6. The molecule has 0 bridgehead atoms. The zero-order valence-electron chi connectivity index (χ0n) is 15.9. The molecule has 0 spiro atoms. The van der Waals surface area contributed by atoms with Crippen molar-refractivity contribution in [3.05, 3.63) is 29.3 Å². The summed E-state index contributed by atoms with van der Waals surface area (Å²) >= 11 is 0. The Morgan fingerprint density at radius 1 is 1.04 bits per heavy atom. The van der Waals surface area contributed by atoms with Crippen molar-refractivity contribution in [2.75, 3.05) is 6.26 Å². The van der Waals surface area contributed by atoms with Gasteiger partial charge in [0.2, 0.25) is 0 Å². The third-order valence-electron chi connectivity index (χ3n) is 3.86. The van der Waals surface area contributed by atoms with Crippen LogP contribution < -0.4 is 0 Å². The van der Waals surface area contributed by atoms with Crippen molar-refractivity contribution in [1.82, 2.24) is 4.90 Å². The van der Waals surface area contributed by atoms with Gasteiger partial charge in [-0.3, -0.25) is 4.79 Å². The number of sulfone groups is 1. The fourth-order valence-corrected chi connectivity index (χ4v) is 3.29. The number of carbonyl (C=O) groups is 2. The second kappa shape index (κ2) is 7.99. The number of ether oxygens (including phenoxy) is 1. The van der Waals surface area contributed by atoms with Crippen molar-refractivity contribution in [3.63, 3.8) is 0 Å². The third kappa shape index (κ3) is 5.29. The molecule has 140 valence electrons. The first-order chi connectivity index (χ1) is 11.4. The van der Waals surface area contributed by atoms with Gasteiger partial charge in [-0.15, -0.1) is 0 Å². The molecule has 0 fully saturated rings. The van der Waals surface area contributed by atoms with Crippen LogP contribution in [-0.2, 0) is 19.4 Å². The molecule has 0 saturated carbocycles. The van der Waals surface area contributed by atoms with E-state index in [9.17, 15) is 18.0 Å². The molecule has 7 heteroatoms. The summed E-state index contributed by atoms with van der Waals surface area (Å²) in [5, 5.41) is 0. The minimum Gasteiger partial charge on any atom is -0.449 e. The van der Waals surface area contributed by atoms with Gasteiger partial charge in [-0.25, -0.2) is 13.2 Å². The van der Waals surface area contributed by atoms with Crippen LogP contribution in [0.5, 0.6) is 0 Å². The molecule has 0 heterocycles. The molecule has 0 N–H and O–H groups in total. The standard InChI is InChI=1S/C18H27NO5S/c1-11(2)19(12(3)4)17(20)14(6)24-18(21)16-10-15(25(7,22)23)9-8-13(16)5/h8-12,14H,1-7H3/t14-/m1/s1. The fourth-order valence-electron chi connectivity index (χ4n) is 2.64. The van der Waals surface area contributed by atoms with E-state index in [0.29, 0.717) is 5.56 Å². The van der Waals surface area contributed by atoms with Gasteiger partial charge in [0.1, 0.15) is 0 Å². The largest absolute Gasteiger partial charge is 0.449 e. The highest BCUT2D eigenvalue weighted by Gasteiger charge is 2.28. The summed E-state index contributed by atoms with van der Waals surface area (Å²) in [5.41, 5.74) is 0.727. The normalized spacial score (nSPS) is 13.0. The summed E-state index contributed by atoms with van der Waals surface area (Å²) in [6, 6.07) is 4.23. The Kier molecular flexibility index (Phi) is 6.76. The molecule has 1 aromatic rings. The molecule has 25 heavy (non-hydrogen) atoms. The summed E-state index contributed by atoms with van der Waals surface area (Å²) in [5.74, 6) is -0.994. The number of esters is 1. The Labute approximate surface area is 150 Å². The summed E-state index contributed by atoms with van der Waals surface area (Å²) in [6.45, 7) is 10.8. The zero-order chi connectivity index (χ0) is 19.5. The first-order valence-corrected chi connectivity index (χ1v) is 10.1. The van der Waals surface area contributed by atoms with Gasteiger partial charge in [0.05, 0.1) is 10.5 Å². The Bertz CT molecular complexity index is 745. The van der Waals surface area contributed by atoms with E-state index in [2.05, 4.69) is 0 Å². The van der Waals surface area contributed by atoms with E-state index in [1.807, 2.05) is 27.7 Å². The van der Waals surface area contributed by atoms with Crippen LogP contribution in [0.3, 0.4) is 0 Å². The van der Waals surface area contributed by atoms with E-state index in [1.54, 1.807) is 17.9 Å². The zero-order valence-corrected chi connectivity index (χ0v) is 16.7. The summed E-state index contributed by atoms with van der Waals surface area (Å²) in [7, 11) is -3.44. The predicted molar refractivity (Wildman–Crippen MR) is 96.3 cm³/mol. The van der Waals surface area contributed by atoms with Crippen LogP contribution in [0, 0.1) is 6.92 Å². The SMILES string of the molecule is Cc1ccc(S(C)(=O)=O)cc1C(=O)O[C@H](C)C(=O)N(C(C)C)C(C)C. The Morgan fingerprint density at radius 2 is 1.56 bits per heavy atom. The molecule has 0 unspecified atom stereocenters. The summed E-state index contributed by atoms with van der Waals surface area (Å²) in [6.07, 6.45) is 0.112. The van der Waals surface area contributed by atoms with Crippen molar-refractivity contribution in [2.45, 2.75) is 64.6 Å². The average Bonchev–Trinajstić information content (AvgIpc) is 2.45. The van der Waals surface area contributed by atoms with Crippen LogP contribution in [0.2, 0.25) is 0 Å². The van der Waals surface area contributed by atoms with E-state index >= 15 is 0 Å². The van der Waals surface area contributed by atoms with Crippen LogP contribution in [0.1, 0.15) is 50.5 Å². The molecule has 6 nitrogen and oxygen atoms in total. The molecule has 1 aromatic carbocycles. The minimum absolute atomic E-state index is 0.0241. The monoisotopic (exact) mass is 369 g/mol. The van der Waals surface area contributed by atoms with Crippen LogP contribution in [-0.4, -0.2) is 49.6 Å². The molecule has 0 aromatic heterocycles. The van der Waals surface area contributed by atoms with Gasteiger partial charge < -0.3 is 9.64 Å². The lowest BCUT2D eigenvalue weighted by atomic mass is 10.1. The highest BCUT2D eigenvalue weighted by Crippen LogP contribution is 2.18. The van der Waals surface area contributed by atoms with Crippen LogP contribution in [0.15, 0.2) is 23.1 Å². The average molecular weight is 369 g/mol. The van der Waals surface area contributed by atoms with Crippen molar-refractivity contribution < 1.29 is 22.7 Å². The maximum absolute atomic E-state index is 12.6. The van der Waals surface area contributed by atoms with E-state index < -0.39 is 21.9 Å². The van der Waals surface area contributed by atoms with Gasteiger partial charge in [0, 0.05) is 18.3 Å². The number of aryl methyl sites for hydroxylation is 1. The summed E-state index contributed by atoms with van der Waals surface area (Å²) < 4.78 is 28.7. The van der Waals surface area contributed by atoms with Gasteiger partial charge in [-0.1, -0.05) is 6.07 Å². The van der Waals surface area contributed by atoms with E-state index in [1.165, 1.54) is 19.1 Å². The highest BCUT2D eigenvalue weighted by atomic mass is 32.2. The Hall–Kier alpha value is -1.89. The van der Waals surface area contributed by atoms with Crippen LogP contribution >= 0.6 is 0 Å². The molecule has 1 atom stereocenters. The number of amides is 1. The van der Waals surface area contributed by atoms with E-state index in [-0.39, 0.29) is 28.4 Å². The molecule has 0 radical (unpaired) electrons. The maximum atomic E-state index is 12.6. The first-order valence-electron chi connectivity index (χ1n) is 8.20. The lowest BCUT2D eigenvalue weighted by Gasteiger charge is -2.32. The van der Waals surface area contributed by atoms with Crippen LogP contribution in [0.25, 0.3) is 0 Å². The van der Waals surface area contributed by atoms with Crippen LogP contribution in [0.4, 0.5) is 0 Å². The van der Waals surface area contributed by atoms with Gasteiger partial charge in [0.25, 0.3) is 5.91 Å². The lowest BCUT2D eigenvalue weighted by molar-refractivity contribution is -0.143. The van der Waals surface area contributed by atoms with E-state index in [4.69, 9.17) is 4.74 Å². The number of nitrogens with zero attached hydrogens (tertiary/aromatic N) is 1. The second-order valence-electron chi connectivity index (χ2n) is 6.73.